The van der Waals surface area contributed by atoms with Crippen molar-refractivity contribution in [2.24, 2.45) is 0 Å². The largest absolute Gasteiger partial charge is 0.449 e. The molecule has 29 heavy (non-hydrogen) atoms. The van der Waals surface area contributed by atoms with Gasteiger partial charge in [-0.2, -0.15) is 0 Å². The van der Waals surface area contributed by atoms with Gasteiger partial charge in [-0.1, -0.05) is 17.7 Å². The van der Waals surface area contributed by atoms with Gasteiger partial charge in [0.2, 0.25) is 10.0 Å². The van der Waals surface area contributed by atoms with Crippen molar-refractivity contribution in [2.45, 2.75) is 51.7 Å². The minimum atomic E-state index is -3.61. The molecular weight excluding hydrogens is 392 g/mol. The molecule has 0 saturated carbocycles. The van der Waals surface area contributed by atoms with E-state index in [4.69, 9.17) is 4.74 Å². The van der Waals surface area contributed by atoms with E-state index in [0.717, 1.165) is 11.1 Å². The molecule has 2 rings (SSSR count). The Morgan fingerprint density at radius 3 is 2.14 bits per heavy atom. The number of benzene rings is 2. The van der Waals surface area contributed by atoms with Crippen LogP contribution in [0.1, 0.15) is 42.3 Å². The molecule has 0 aliphatic heterocycles. The molecule has 1 amide bonds. The summed E-state index contributed by atoms with van der Waals surface area (Å²) in [4.78, 5) is 24.7. The van der Waals surface area contributed by atoms with Crippen molar-refractivity contribution in [3.63, 3.8) is 0 Å². The molecule has 0 saturated heterocycles. The van der Waals surface area contributed by atoms with Crippen molar-refractivity contribution in [3.8, 4) is 0 Å². The normalized spacial score (nSPS) is 12.5. The fraction of sp³-hybridized carbons (Fsp3) is 0.333. The molecule has 7 nitrogen and oxygen atoms in total. The van der Waals surface area contributed by atoms with E-state index in [1.807, 2.05) is 13.0 Å². The first-order chi connectivity index (χ1) is 13.5. The van der Waals surface area contributed by atoms with E-state index in [0.29, 0.717) is 11.3 Å². The van der Waals surface area contributed by atoms with Gasteiger partial charge in [-0.05, 0) is 70.5 Å². The molecule has 0 fully saturated rings. The topological polar surface area (TPSA) is 102 Å². The first kappa shape index (κ1) is 22.6. The number of aryl methyl sites for hydroxylation is 2. The van der Waals surface area contributed by atoms with Gasteiger partial charge in [0.05, 0.1) is 10.5 Å². The number of hydrogen-bond donors (Lipinski definition) is 2. The van der Waals surface area contributed by atoms with Gasteiger partial charge in [-0.25, -0.2) is 17.9 Å². The van der Waals surface area contributed by atoms with E-state index in [2.05, 4.69) is 10.0 Å². The zero-order valence-corrected chi connectivity index (χ0v) is 18.0. The number of carbonyl (C=O) groups is 2. The molecule has 0 aliphatic rings. The van der Waals surface area contributed by atoms with E-state index in [-0.39, 0.29) is 10.9 Å². The fourth-order valence-electron chi connectivity index (χ4n) is 2.66. The van der Waals surface area contributed by atoms with Crippen LogP contribution in [0, 0.1) is 13.8 Å². The Bertz CT molecular complexity index is 998. The van der Waals surface area contributed by atoms with E-state index in [1.54, 1.807) is 32.9 Å². The highest BCUT2D eigenvalue weighted by atomic mass is 32.2. The van der Waals surface area contributed by atoms with Crippen LogP contribution >= 0.6 is 0 Å². The number of ether oxygens (including phenoxy) is 1. The van der Waals surface area contributed by atoms with Gasteiger partial charge in [-0.3, -0.25) is 4.79 Å². The number of amides is 1. The Morgan fingerprint density at radius 1 is 0.966 bits per heavy atom. The third-order valence-corrected chi connectivity index (χ3v) is 5.75. The van der Waals surface area contributed by atoms with Crippen LogP contribution in [0.15, 0.2) is 47.4 Å². The van der Waals surface area contributed by atoms with Gasteiger partial charge in [0.1, 0.15) is 0 Å². The third kappa shape index (κ3) is 6.13. The zero-order valence-electron chi connectivity index (χ0n) is 17.1. The maximum atomic E-state index is 12.3. The highest BCUT2D eigenvalue weighted by molar-refractivity contribution is 7.89. The van der Waals surface area contributed by atoms with Gasteiger partial charge >= 0.3 is 5.97 Å². The highest BCUT2D eigenvalue weighted by Gasteiger charge is 2.21. The molecule has 2 aromatic rings. The molecule has 1 atom stereocenters. The molecule has 0 heterocycles. The average Bonchev–Trinajstić information content (AvgIpc) is 2.60. The second kappa shape index (κ2) is 9.19. The van der Waals surface area contributed by atoms with Gasteiger partial charge < -0.3 is 10.1 Å². The molecule has 0 unspecified atom stereocenters. The summed E-state index contributed by atoms with van der Waals surface area (Å²) in [6.45, 7) is 8.66. The van der Waals surface area contributed by atoms with Crippen molar-refractivity contribution >= 4 is 27.6 Å². The lowest BCUT2D eigenvalue weighted by atomic mass is 10.1. The summed E-state index contributed by atoms with van der Waals surface area (Å²) in [5.74, 6) is -1.09. The lowest BCUT2D eigenvalue weighted by Crippen LogP contribution is -2.31. The smallest absolute Gasteiger partial charge is 0.339 e. The number of rotatable bonds is 7. The van der Waals surface area contributed by atoms with Gasteiger partial charge in [0.25, 0.3) is 5.91 Å². The number of carbonyl (C=O) groups excluding carboxylic acids is 2. The molecule has 8 heteroatoms. The van der Waals surface area contributed by atoms with E-state index in [1.165, 1.54) is 31.2 Å². The molecule has 0 aliphatic carbocycles. The first-order valence-corrected chi connectivity index (χ1v) is 10.7. The highest BCUT2D eigenvalue weighted by Crippen LogP contribution is 2.16. The number of esters is 1. The minimum absolute atomic E-state index is 0.0959. The van der Waals surface area contributed by atoms with Crippen LogP contribution in [-0.2, 0) is 19.6 Å². The second-order valence-corrected chi connectivity index (χ2v) is 8.87. The summed E-state index contributed by atoms with van der Waals surface area (Å²) in [7, 11) is -3.61. The number of sulfonamides is 1. The molecule has 0 aromatic heterocycles. The summed E-state index contributed by atoms with van der Waals surface area (Å²) in [6.07, 6.45) is -1.02. The fourth-order valence-corrected chi connectivity index (χ4v) is 3.91. The van der Waals surface area contributed by atoms with Crippen LogP contribution < -0.4 is 10.0 Å². The predicted octanol–water partition coefficient (Wildman–Crippen LogP) is 3.17. The molecular formula is C21H26N2O5S. The summed E-state index contributed by atoms with van der Waals surface area (Å²) in [5, 5.41) is 2.61. The summed E-state index contributed by atoms with van der Waals surface area (Å²) < 4.78 is 32.0. The minimum Gasteiger partial charge on any atom is -0.449 e. The van der Waals surface area contributed by atoms with E-state index >= 15 is 0 Å². The molecule has 0 radical (unpaired) electrons. The van der Waals surface area contributed by atoms with Crippen LogP contribution in [0.2, 0.25) is 0 Å². The Morgan fingerprint density at radius 2 is 1.59 bits per heavy atom. The van der Waals surface area contributed by atoms with Gasteiger partial charge in [0, 0.05) is 11.7 Å². The number of anilines is 1. The maximum Gasteiger partial charge on any atom is 0.339 e. The SMILES string of the molecule is Cc1ccc(C(=O)O[C@H](C)C(=O)Nc2ccc(S(=O)(=O)NC(C)C)cc2)c(C)c1. The first-order valence-electron chi connectivity index (χ1n) is 9.21. The van der Waals surface area contributed by atoms with Crippen molar-refractivity contribution in [3.05, 3.63) is 59.2 Å². The second-order valence-electron chi connectivity index (χ2n) is 7.16. The van der Waals surface area contributed by atoms with Gasteiger partial charge in [0.15, 0.2) is 6.10 Å². The van der Waals surface area contributed by atoms with Crippen LogP contribution in [0.25, 0.3) is 0 Å². The van der Waals surface area contributed by atoms with Crippen molar-refractivity contribution in [1.29, 1.82) is 0 Å². The lowest BCUT2D eigenvalue weighted by molar-refractivity contribution is -0.123. The van der Waals surface area contributed by atoms with Crippen LogP contribution in [0.3, 0.4) is 0 Å². The van der Waals surface area contributed by atoms with Crippen molar-refractivity contribution < 1.29 is 22.7 Å². The molecule has 2 N–H and O–H groups in total. The van der Waals surface area contributed by atoms with E-state index < -0.39 is 28.0 Å². The number of nitrogens with one attached hydrogen (secondary N) is 2. The van der Waals surface area contributed by atoms with Gasteiger partial charge in [-0.15, -0.1) is 0 Å². The maximum absolute atomic E-state index is 12.3. The summed E-state index contributed by atoms with van der Waals surface area (Å²) in [6, 6.07) is 10.9. The van der Waals surface area contributed by atoms with E-state index in [9.17, 15) is 18.0 Å². The zero-order chi connectivity index (χ0) is 21.8. The van der Waals surface area contributed by atoms with Crippen LogP contribution in [-0.4, -0.2) is 32.4 Å². The Kier molecular flexibility index (Phi) is 7.16. The standard InChI is InChI=1S/C21H26N2O5S/c1-13(2)23-29(26,27)18-9-7-17(8-10-18)22-20(24)16(5)28-21(25)19-11-6-14(3)12-15(19)4/h6-13,16,23H,1-5H3,(H,22,24)/t16-/m1/s1. The van der Waals surface area contributed by atoms with Crippen LogP contribution in [0.5, 0.6) is 0 Å². The number of hydrogen-bond acceptors (Lipinski definition) is 5. The van der Waals surface area contributed by atoms with Crippen molar-refractivity contribution in [2.75, 3.05) is 5.32 Å². The Balaban J connectivity index is 2.01. The quantitative estimate of drug-likeness (QED) is 0.673. The Labute approximate surface area is 171 Å². The Hall–Kier alpha value is -2.71. The molecule has 2 aromatic carbocycles. The van der Waals surface area contributed by atoms with Crippen molar-refractivity contribution in [1.82, 2.24) is 4.72 Å². The third-order valence-electron chi connectivity index (χ3n) is 4.08. The summed E-state index contributed by atoms with van der Waals surface area (Å²) >= 11 is 0. The lowest BCUT2D eigenvalue weighted by Gasteiger charge is -2.15. The predicted molar refractivity (Wildman–Crippen MR) is 111 cm³/mol. The summed E-state index contributed by atoms with van der Waals surface area (Å²) in [5.41, 5.74) is 2.60. The molecule has 0 bridgehead atoms. The van der Waals surface area contributed by atoms with Crippen LogP contribution in [0.4, 0.5) is 5.69 Å². The average molecular weight is 419 g/mol. The molecule has 156 valence electrons. The monoisotopic (exact) mass is 418 g/mol. The molecule has 0 spiro atoms.